The van der Waals surface area contributed by atoms with Gasteiger partial charge in [0.05, 0.1) is 51.7 Å². The first-order valence-corrected chi connectivity index (χ1v) is 21.1. The summed E-state index contributed by atoms with van der Waals surface area (Å²) in [5.74, 6) is -1.11. The van der Waals surface area contributed by atoms with Crippen molar-refractivity contribution in [1.29, 1.82) is 0 Å². The van der Waals surface area contributed by atoms with E-state index in [-0.39, 0.29) is 41.0 Å². The number of carbonyl (C=O) groups excluding carboxylic acids is 1. The van der Waals surface area contributed by atoms with Gasteiger partial charge in [-0.25, -0.2) is 23.1 Å². The number of imidazole rings is 1. The van der Waals surface area contributed by atoms with Crippen LogP contribution in [0.4, 0.5) is 8.78 Å². The highest BCUT2D eigenvalue weighted by atomic mass is 19.1. The Bertz CT molecular complexity index is 3300. The molecular weight excluding hydrogens is 811 g/mol. The highest BCUT2D eigenvalue weighted by molar-refractivity contribution is 6.01. The normalized spacial score (nSPS) is 18.1. The van der Waals surface area contributed by atoms with Crippen molar-refractivity contribution < 1.29 is 22.8 Å². The van der Waals surface area contributed by atoms with Crippen LogP contribution >= 0.6 is 0 Å². The molecule has 17 heteroatoms. The first-order chi connectivity index (χ1) is 30.2. The second kappa shape index (κ2) is 13.8. The van der Waals surface area contributed by atoms with E-state index in [9.17, 15) is 9.59 Å². The van der Waals surface area contributed by atoms with Gasteiger partial charge in [0.25, 0.3) is 5.91 Å². The van der Waals surface area contributed by atoms with Crippen LogP contribution in [0.3, 0.4) is 0 Å². The van der Waals surface area contributed by atoms with Crippen molar-refractivity contribution in [3.63, 3.8) is 0 Å². The molecule has 2 aliphatic heterocycles. The number of H-pyrrole nitrogens is 1. The second-order valence-corrected chi connectivity index (χ2v) is 18.0. The number of aryl methyl sites for hydroxylation is 3. The molecule has 8 aromatic rings. The molecule has 3 aliphatic rings. The Morgan fingerprint density at radius 1 is 0.968 bits per heavy atom. The molecule has 0 spiro atoms. The Morgan fingerprint density at radius 3 is 2.43 bits per heavy atom. The molecule has 1 aliphatic carbocycles. The van der Waals surface area contributed by atoms with Crippen molar-refractivity contribution in [2.75, 3.05) is 13.2 Å². The van der Waals surface area contributed by atoms with Gasteiger partial charge in [0, 0.05) is 74.0 Å². The van der Waals surface area contributed by atoms with Crippen LogP contribution in [0.25, 0.3) is 38.9 Å². The largest absolute Gasteiger partial charge is 0.438 e. The molecule has 7 heterocycles. The Labute approximate surface area is 358 Å². The molecule has 0 bridgehead atoms. The van der Waals surface area contributed by atoms with Crippen LogP contribution in [0.15, 0.2) is 81.5 Å². The fourth-order valence-corrected chi connectivity index (χ4v) is 9.91. The summed E-state index contributed by atoms with van der Waals surface area (Å²) in [7, 11) is 1.72. The topological polar surface area (TPSA) is 156 Å². The van der Waals surface area contributed by atoms with Crippen molar-refractivity contribution >= 4 is 27.6 Å². The molecule has 2 fully saturated rings. The van der Waals surface area contributed by atoms with Gasteiger partial charge in [-0.3, -0.25) is 28.1 Å². The molecule has 322 valence electrons. The molecule has 63 heavy (non-hydrogen) atoms. The van der Waals surface area contributed by atoms with Gasteiger partial charge in [0.2, 0.25) is 0 Å². The molecule has 0 unspecified atom stereocenters. The molecule has 3 aromatic carbocycles. The summed E-state index contributed by atoms with van der Waals surface area (Å²) >= 11 is 0. The van der Waals surface area contributed by atoms with Crippen LogP contribution in [0.1, 0.15) is 89.7 Å². The third kappa shape index (κ3) is 6.14. The lowest BCUT2D eigenvalue weighted by molar-refractivity contribution is -0.0690. The summed E-state index contributed by atoms with van der Waals surface area (Å²) in [5.41, 5.74) is 2.89. The zero-order chi connectivity index (χ0) is 43.7. The first kappa shape index (κ1) is 39.0. The van der Waals surface area contributed by atoms with Gasteiger partial charge < -0.3 is 14.2 Å². The predicted octanol–water partition coefficient (Wildman–Crippen LogP) is 6.64. The number of amides is 1. The zero-order valence-corrected chi connectivity index (χ0v) is 35.4. The molecule has 11 rings (SSSR count). The number of aromatic nitrogens is 9. The molecule has 1 atom stereocenters. The summed E-state index contributed by atoms with van der Waals surface area (Å²) in [6, 6.07) is 10.8. The van der Waals surface area contributed by atoms with Gasteiger partial charge in [-0.1, -0.05) is 5.16 Å². The summed E-state index contributed by atoms with van der Waals surface area (Å²) < 4.78 is 50.1. The third-order valence-corrected chi connectivity index (χ3v) is 13.4. The average Bonchev–Trinajstić information content (AvgIpc) is 3.71. The maximum absolute atomic E-state index is 16.0. The van der Waals surface area contributed by atoms with Crippen LogP contribution in [0, 0.1) is 25.5 Å². The molecule has 5 aromatic heterocycles. The number of fused-ring (bicyclic) bond motifs is 3. The number of nitrogens with zero attached hydrogens (tertiary/aromatic N) is 9. The lowest BCUT2D eigenvalue weighted by atomic mass is 9.88. The number of benzene rings is 3. The quantitative estimate of drug-likeness (QED) is 0.187. The monoisotopic (exact) mass is 854 g/mol. The molecular formula is C46H44F2N10O5. The van der Waals surface area contributed by atoms with Gasteiger partial charge in [-0.15, -0.1) is 0 Å². The van der Waals surface area contributed by atoms with Crippen molar-refractivity contribution in [3.05, 3.63) is 139 Å². The minimum absolute atomic E-state index is 0.0456. The zero-order valence-electron chi connectivity index (χ0n) is 35.4. The molecule has 15 nitrogen and oxygen atoms in total. The molecule has 0 radical (unpaired) electrons. The van der Waals surface area contributed by atoms with Crippen molar-refractivity contribution in [3.8, 4) is 17.2 Å². The Kier molecular flexibility index (Phi) is 8.55. The summed E-state index contributed by atoms with van der Waals surface area (Å²) in [6.07, 6.45) is 12.1. The number of hydrogen-bond donors (Lipinski definition) is 1. The lowest BCUT2D eigenvalue weighted by Crippen LogP contribution is -2.37. The third-order valence-electron chi connectivity index (χ3n) is 13.4. The Morgan fingerprint density at radius 2 is 1.71 bits per heavy atom. The fraction of sp³-hybridized carbons (Fsp3) is 0.348. The van der Waals surface area contributed by atoms with E-state index < -0.39 is 22.7 Å². The van der Waals surface area contributed by atoms with E-state index in [4.69, 9.17) is 14.4 Å². The number of aromatic amines is 1. The lowest BCUT2D eigenvalue weighted by Gasteiger charge is -2.36. The Balaban J connectivity index is 1.03. The van der Waals surface area contributed by atoms with E-state index in [0.717, 1.165) is 29.2 Å². The SMILES string of the molecule is Cc1cc(-n2nc3c(c2-n2ccn(-c4ccc5c(cnn5C)c4F)c2=O)CN(C(=O)c2cc4cn([C@H]5CCOC(C)(C)C5)cc4cc2C2(c4noc(=O)[nH]4)CC2)CC3)cc(C)c1F. The van der Waals surface area contributed by atoms with Crippen LogP contribution in [0.2, 0.25) is 0 Å². The van der Waals surface area contributed by atoms with Crippen molar-refractivity contribution in [1.82, 2.24) is 48.3 Å². The van der Waals surface area contributed by atoms with Gasteiger partial charge in [0.15, 0.2) is 11.6 Å². The van der Waals surface area contributed by atoms with Crippen LogP contribution in [-0.2, 0) is 30.2 Å². The smallest absolute Gasteiger partial charge is 0.375 e. The molecule has 1 N–H and O–H groups in total. The van der Waals surface area contributed by atoms with Gasteiger partial charge in [-0.05, 0) is 112 Å². The average molecular weight is 855 g/mol. The van der Waals surface area contributed by atoms with Gasteiger partial charge in [0.1, 0.15) is 11.6 Å². The minimum atomic E-state index is -0.728. The van der Waals surface area contributed by atoms with E-state index >= 15 is 13.6 Å². The molecule has 1 amide bonds. The van der Waals surface area contributed by atoms with Gasteiger partial charge in [-0.2, -0.15) is 10.2 Å². The van der Waals surface area contributed by atoms with E-state index in [0.29, 0.717) is 83.2 Å². The van der Waals surface area contributed by atoms with E-state index in [2.05, 4.69) is 46.0 Å². The number of hydrogen-bond acceptors (Lipinski definition) is 8. The van der Waals surface area contributed by atoms with Crippen LogP contribution < -0.4 is 11.4 Å². The molecule has 1 saturated heterocycles. The fourth-order valence-electron chi connectivity index (χ4n) is 9.91. The summed E-state index contributed by atoms with van der Waals surface area (Å²) in [6.45, 7) is 8.59. The number of nitrogens with one attached hydrogen (secondary N) is 1. The van der Waals surface area contributed by atoms with E-state index in [1.165, 1.54) is 21.5 Å². The number of rotatable bonds is 7. The number of halogens is 2. The maximum Gasteiger partial charge on any atom is 0.438 e. The minimum Gasteiger partial charge on any atom is -0.375 e. The predicted molar refractivity (Wildman–Crippen MR) is 228 cm³/mol. The van der Waals surface area contributed by atoms with Crippen LogP contribution in [0.5, 0.6) is 0 Å². The summed E-state index contributed by atoms with van der Waals surface area (Å²) in [5, 5.41) is 15.4. The highest BCUT2D eigenvalue weighted by Crippen LogP contribution is 2.54. The Hall–Kier alpha value is -6.88. The van der Waals surface area contributed by atoms with E-state index in [1.54, 1.807) is 65.6 Å². The number of carbonyl (C=O) groups is 1. The molecule has 1 saturated carbocycles. The van der Waals surface area contributed by atoms with Crippen molar-refractivity contribution in [2.24, 2.45) is 7.05 Å². The first-order valence-electron chi connectivity index (χ1n) is 21.1. The maximum atomic E-state index is 16.0. The second-order valence-electron chi connectivity index (χ2n) is 18.0. The van der Waals surface area contributed by atoms with E-state index in [1.807, 2.05) is 12.1 Å². The summed E-state index contributed by atoms with van der Waals surface area (Å²) in [4.78, 5) is 46.5. The highest BCUT2D eigenvalue weighted by Gasteiger charge is 2.52. The van der Waals surface area contributed by atoms with Gasteiger partial charge >= 0.3 is 11.4 Å². The van der Waals surface area contributed by atoms with Crippen LogP contribution in [-0.4, -0.2) is 73.0 Å². The number of ether oxygens (including phenoxy) is 1. The van der Waals surface area contributed by atoms with Crippen molar-refractivity contribution in [2.45, 2.75) is 83.4 Å². The standard InChI is InChI=1S/C46H44F2N10O5/c1-25-16-30(17-26(2)38(25)47)58-40(57-14-13-56(44(57)61)37-7-6-36-32(39(37)48)21-49-53(36)5)33-24-54(12-8-35(33)51-58)41(59)31-18-27-22-55(29-9-15-62-45(3,4)20-29)23-28(27)19-34(31)46(10-11-46)42-50-43(60)63-52-42/h6-7,13-14,16-19,21-23,29H,8-12,15,20,24H2,1-5H3,(H,50,52,60)/t29-/m0/s1.